The number of hydrogen-bond acceptors (Lipinski definition) is 6. The van der Waals surface area contributed by atoms with Crippen LogP contribution in [0.25, 0.3) is 6.08 Å². The average Bonchev–Trinajstić information content (AvgIpc) is 3.12. The molecule has 29 heavy (non-hydrogen) atoms. The zero-order chi connectivity index (χ0) is 21.1. The zero-order valence-electron chi connectivity index (χ0n) is 16.4. The summed E-state index contributed by atoms with van der Waals surface area (Å²) in [5, 5.41) is 2.72. The summed E-state index contributed by atoms with van der Waals surface area (Å²) in [6.07, 6.45) is 3.28. The fraction of sp³-hybridized carbons (Fsp3) is 0.333. The zero-order valence-corrected chi connectivity index (χ0v) is 18.0. The Kier molecular flexibility index (Phi) is 9.30. The molecule has 8 heteroatoms. The molecule has 0 aliphatic rings. The van der Waals surface area contributed by atoms with Crippen LogP contribution in [0.5, 0.6) is 11.5 Å². The molecule has 1 heterocycles. The third-order valence-electron chi connectivity index (χ3n) is 3.67. The van der Waals surface area contributed by atoms with Crippen molar-refractivity contribution in [2.75, 3.05) is 26.4 Å². The van der Waals surface area contributed by atoms with Crippen LogP contribution in [-0.4, -0.2) is 38.2 Å². The van der Waals surface area contributed by atoms with E-state index in [0.29, 0.717) is 48.1 Å². The normalized spacial score (nSPS) is 10.7. The lowest BCUT2D eigenvalue weighted by Crippen LogP contribution is -2.30. The molecule has 1 aromatic heterocycles. The lowest BCUT2D eigenvalue weighted by Gasteiger charge is -2.12. The number of nitrogens with one attached hydrogen (secondary N) is 1. The summed E-state index contributed by atoms with van der Waals surface area (Å²) in [6, 6.07) is 9.09. The molecule has 0 bridgehead atoms. The quantitative estimate of drug-likeness (QED) is 0.401. The van der Waals surface area contributed by atoms with E-state index in [1.165, 1.54) is 12.2 Å². The number of furan rings is 1. The molecule has 0 aliphatic carbocycles. The number of halogens is 1. The van der Waals surface area contributed by atoms with Gasteiger partial charge in [0, 0.05) is 12.6 Å². The molecule has 7 nitrogen and oxygen atoms in total. The van der Waals surface area contributed by atoms with Crippen molar-refractivity contribution in [3.05, 3.63) is 52.4 Å². The first kappa shape index (κ1) is 22.5. The number of ether oxygens (including phenoxy) is 3. The van der Waals surface area contributed by atoms with E-state index in [-0.39, 0.29) is 12.5 Å². The molecule has 156 valence electrons. The van der Waals surface area contributed by atoms with Gasteiger partial charge in [0.05, 0.1) is 13.2 Å². The fourth-order valence-electron chi connectivity index (χ4n) is 2.40. The fourth-order valence-corrected chi connectivity index (χ4v) is 2.72. The molecule has 2 aromatic rings. The molecule has 2 rings (SSSR count). The van der Waals surface area contributed by atoms with E-state index in [1.54, 1.807) is 12.1 Å². The Hall–Kier alpha value is -2.74. The lowest BCUT2D eigenvalue weighted by molar-refractivity contribution is -0.143. The SMILES string of the molecule is CCOc1ccc(CCNC(=O)COC(=O)/C=C/c2ccc(Br)o2)cc1OCC. The Morgan fingerprint density at radius 3 is 2.55 bits per heavy atom. The monoisotopic (exact) mass is 465 g/mol. The van der Waals surface area contributed by atoms with Gasteiger partial charge in [0.1, 0.15) is 5.76 Å². The van der Waals surface area contributed by atoms with Crippen LogP contribution in [0, 0.1) is 0 Å². The van der Waals surface area contributed by atoms with Crippen LogP contribution < -0.4 is 14.8 Å². The minimum Gasteiger partial charge on any atom is -0.490 e. The van der Waals surface area contributed by atoms with Gasteiger partial charge in [0.15, 0.2) is 22.8 Å². The van der Waals surface area contributed by atoms with Crippen LogP contribution in [-0.2, 0) is 20.7 Å². The third kappa shape index (κ3) is 8.03. The Balaban J connectivity index is 1.73. The number of hydrogen-bond donors (Lipinski definition) is 1. The van der Waals surface area contributed by atoms with E-state index < -0.39 is 5.97 Å². The molecular weight excluding hydrogens is 442 g/mol. The highest BCUT2D eigenvalue weighted by molar-refractivity contribution is 9.10. The van der Waals surface area contributed by atoms with Crippen molar-refractivity contribution in [3.8, 4) is 11.5 Å². The van der Waals surface area contributed by atoms with Crippen molar-refractivity contribution in [1.82, 2.24) is 5.32 Å². The first-order chi connectivity index (χ1) is 14.0. The molecule has 0 saturated heterocycles. The van der Waals surface area contributed by atoms with Gasteiger partial charge in [0.2, 0.25) is 0 Å². The smallest absolute Gasteiger partial charge is 0.331 e. The number of carbonyl (C=O) groups excluding carboxylic acids is 2. The number of esters is 1. The maximum atomic E-state index is 11.8. The van der Waals surface area contributed by atoms with Gasteiger partial charge in [-0.25, -0.2) is 4.79 Å². The molecule has 0 fully saturated rings. The summed E-state index contributed by atoms with van der Waals surface area (Å²) in [5.74, 6) is 0.885. The van der Waals surface area contributed by atoms with Gasteiger partial charge >= 0.3 is 5.97 Å². The molecule has 0 aliphatic heterocycles. The summed E-state index contributed by atoms with van der Waals surface area (Å²) in [7, 11) is 0. The number of benzene rings is 1. The van der Waals surface area contributed by atoms with E-state index in [0.717, 1.165) is 5.56 Å². The number of carbonyl (C=O) groups is 2. The minimum absolute atomic E-state index is 0.349. The van der Waals surface area contributed by atoms with Crippen molar-refractivity contribution in [3.63, 3.8) is 0 Å². The maximum Gasteiger partial charge on any atom is 0.331 e. The predicted molar refractivity (Wildman–Crippen MR) is 112 cm³/mol. The van der Waals surface area contributed by atoms with Gasteiger partial charge in [-0.2, -0.15) is 0 Å². The van der Waals surface area contributed by atoms with Crippen molar-refractivity contribution >= 4 is 33.9 Å². The topological polar surface area (TPSA) is 87.0 Å². The summed E-state index contributed by atoms with van der Waals surface area (Å²) in [5.41, 5.74) is 1.00. The highest BCUT2D eigenvalue weighted by Gasteiger charge is 2.08. The van der Waals surface area contributed by atoms with E-state index in [4.69, 9.17) is 18.6 Å². The Bertz CT molecular complexity index is 845. The Morgan fingerprint density at radius 2 is 1.86 bits per heavy atom. The lowest BCUT2D eigenvalue weighted by atomic mass is 10.1. The van der Waals surface area contributed by atoms with Crippen LogP contribution in [0.15, 0.2) is 45.5 Å². The predicted octanol–water partition coefficient (Wildman–Crippen LogP) is 3.75. The summed E-state index contributed by atoms with van der Waals surface area (Å²) in [4.78, 5) is 23.5. The van der Waals surface area contributed by atoms with Crippen molar-refractivity contribution in [2.45, 2.75) is 20.3 Å². The molecule has 0 saturated carbocycles. The first-order valence-corrected chi connectivity index (χ1v) is 10.1. The van der Waals surface area contributed by atoms with Crippen molar-refractivity contribution in [2.24, 2.45) is 0 Å². The Morgan fingerprint density at radius 1 is 1.10 bits per heavy atom. The maximum absolute atomic E-state index is 11.8. The second-order valence-electron chi connectivity index (χ2n) is 5.83. The van der Waals surface area contributed by atoms with Crippen LogP contribution >= 0.6 is 15.9 Å². The number of amides is 1. The van der Waals surface area contributed by atoms with Crippen LogP contribution in [0.4, 0.5) is 0 Å². The first-order valence-electron chi connectivity index (χ1n) is 9.27. The van der Waals surface area contributed by atoms with Crippen LogP contribution in [0.3, 0.4) is 0 Å². The van der Waals surface area contributed by atoms with E-state index in [1.807, 2.05) is 32.0 Å². The van der Waals surface area contributed by atoms with Gasteiger partial charge in [-0.1, -0.05) is 6.07 Å². The Labute approximate surface area is 178 Å². The minimum atomic E-state index is -0.624. The van der Waals surface area contributed by atoms with Gasteiger partial charge in [0.25, 0.3) is 5.91 Å². The highest BCUT2D eigenvalue weighted by atomic mass is 79.9. The number of rotatable bonds is 11. The second kappa shape index (κ2) is 12.0. The molecule has 0 atom stereocenters. The van der Waals surface area contributed by atoms with Gasteiger partial charge in [-0.05, 0) is 72.1 Å². The molecule has 1 amide bonds. The largest absolute Gasteiger partial charge is 0.490 e. The van der Waals surface area contributed by atoms with Gasteiger partial charge in [-0.3, -0.25) is 4.79 Å². The van der Waals surface area contributed by atoms with Crippen molar-refractivity contribution < 1.29 is 28.2 Å². The summed E-state index contributed by atoms with van der Waals surface area (Å²) in [6.45, 7) is 4.98. The summed E-state index contributed by atoms with van der Waals surface area (Å²) < 4.78 is 21.8. The van der Waals surface area contributed by atoms with Gasteiger partial charge < -0.3 is 23.9 Å². The summed E-state index contributed by atoms with van der Waals surface area (Å²) >= 11 is 3.17. The van der Waals surface area contributed by atoms with E-state index in [2.05, 4.69) is 21.2 Å². The molecule has 1 N–H and O–H groups in total. The van der Waals surface area contributed by atoms with E-state index >= 15 is 0 Å². The standard InChI is InChI=1S/C21H24BrNO6/c1-3-26-17-8-5-15(13-18(17)27-4-2)11-12-23-20(24)14-28-21(25)10-7-16-6-9-19(22)29-16/h5-10,13H,3-4,11-12,14H2,1-2H3,(H,23,24)/b10-7+. The molecule has 0 unspecified atom stereocenters. The van der Waals surface area contributed by atoms with Crippen LogP contribution in [0.1, 0.15) is 25.2 Å². The average molecular weight is 466 g/mol. The molecular formula is C21H24BrNO6. The molecule has 1 aromatic carbocycles. The second-order valence-corrected chi connectivity index (χ2v) is 6.61. The van der Waals surface area contributed by atoms with Gasteiger partial charge in [-0.15, -0.1) is 0 Å². The molecule has 0 radical (unpaired) electrons. The van der Waals surface area contributed by atoms with Crippen LogP contribution in [0.2, 0.25) is 0 Å². The van der Waals surface area contributed by atoms with Crippen molar-refractivity contribution in [1.29, 1.82) is 0 Å². The highest BCUT2D eigenvalue weighted by Crippen LogP contribution is 2.28. The third-order valence-corrected chi connectivity index (χ3v) is 4.09. The molecule has 0 spiro atoms. The van der Waals surface area contributed by atoms with E-state index in [9.17, 15) is 9.59 Å².